The van der Waals surface area contributed by atoms with Crippen LogP contribution >= 0.6 is 11.6 Å². The van der Waals surface area contributed by atoms with E-state index in [2.05, 4.69) is 10.6 Å². The predicted molar refractivity (Wildman–Crippen MR) is 87.6 cm³/mol. The number of amides is 2. The van der Waals surface area contributed by atoms with Crippen molar-refractivity contribution in [3.05, 3.63) is 23.2 Å². The van der Waals surface area contributed by atoms with E-state index in [9.17, 15) is 9.90 Å². The van der Waals surface area contributed by atoms with Crippen molar-refractivity contribution in [2.75, 3.05) is 18.5 Å². The zero-order valence-electron chi connectivity index (χ0n) is 12.8. The summed E-state index contributed by atoms with van der Waals surface area (Å²) in [4.78, 5) is 12.0. The van der Waals surface area contributed by atoms with E-state index < -0.39 is 0 Å². The minimum Gasteiger partial charge on any atom is -0.490 e. The third kappa shape index (κ3) is 4.78. The third-order valence-electron chi connectivity index (χ3n) is 3.81. The molecule has 0 heterocycles. The van der Waals surface area contributed by atoms with Crippen LogP contribution in [-0.4, -0.2) is 30.4 Å². The molecule has 1 aliphatic carbocycles. The highest BCUT2D eigenvalue weighted by atomic mass is 35.5. The molecule has 2 amide bonds. The van der Waals surface area contributed by atoms with Crippen molar-refractivity contribution in [3.63, 3.8) is 0 Å². The van der Waals surface area contributed by atoms with Crippen molar-refractivity contribution in [1.82, 2.24) is 5.32 Å². The Labute approximate surface area is 136 Å². The Kier molecular flexibility index (Phi) is 6.34. The van der Waals surface area contributed by atoms with Gasteiger partial charge in [-0.3, -0.25) is 0 Å². The van der Waals surface area contributed by atoms with Crippen molar-refractivity contribution >= 4 is 23.3 Å². The maximum Gasteiger partial charge on any atom is 0.319 e. The van der Waals surface area contributed by atoms with Crippen LogP contribution in [0.3, 0.4) is 0 Å². The van der Waals surface area contributed by atoms with E-state index in [1.807, 2.05) is 6.92 Å². The molecule has 0 radical (unpaired) electrons. The Morgan fingerprint density at radius 2 is 2.27 bits per heavy atom. The molecule has 1 fully saturated rings. The average Bonchev–Trinajstić information content (AvgIpc) is 2.49. The number of nitrogens with one attached hydrogen (secondary N) is 2. The number of aliphatic hydroxyl groups is 1. The maximum atomic E-state index is 12.0. The van der Waals surface area contributed by atoms with E-state index in [-0.39, 0.29) is 12.1 Å². The van der Waals surface area contributed by atoms with Gasteiger partial charge in [-0.25, -0.2) is 4.79 Å². The van der Waals surface area contributed by atoms with Crippen LogP contribution in [0.4, 0.5) is 10.5 Å². The van der Waals surface area contributed by atoms with Crippen molar-refractivity contribution in [2.24, 2.45) is 5.92 Å². The van der Waals surface area contributed by atoms with Gasteiger partial charge >= 0.3 is 6.03 Å². The van der Waals surface area contributed by atoms with Crippen LogP contribution in [0.2, 0.25) is 5.02 Å². The Bertz CT molecular complexity index is 510. The minimum absolute atomic E-state index is 0.235. The first-order chi connectivity index (χ1) is 10.6. The van der Waals surface area contributed by atoms with Gasteiger partial charge in [-0.1, -0.05) is 24.1 Å². The van der Waals surface area contributed by atoms with Gasteiger partial charge in [0.05, 0.1) is 23.4 Å². The normalized spacial score (nSPS) is 21.2. The Morgan fingerprint density at radius 3 is 3.00 bits per heavy atom. The fourth-order valence-corrected chi connectivity index (χ4v) is 2.98. The summed E-state index contributed by atoms with van der Waals surface area (Å²) in [5, 5.41) is 15.7. The molecule has 2 rings (SSSR count). The minimum atomic E-state index is -0.289. The summed E-state index contributed by atoms with van der Waals surface area (Å²) < 4.78 is 5.47. The van der Waals surface area contributed by atoms with E-state index in [0.29, 0.717) is 35.5 Å². The smallest absolute Gasteiger partial charge is 0.319 e. The lowest BCUT2D eigenvalue weighted by Crippen LogP contribution is -2.35. The zero-order valence-corrected chi connectivity index (χ0v) is 13.5. The van der Waals surface area contributed by atoms with Crippen LogP contribution in [-0.2, 0) is 0 Å². The topological polar surface area (TPSA) is 70.6 Å². The number of para-hydroxylation sites is 1. The zero-order chi connectivity index (χ0) is 15.9. The number of halogens is 1. The van der Waals surface area contributed by atoms with E-state index in [4.69, 9.17) is 16.3 Å². The number of carbonyl (C=O) groups excluding carboxylic acids is 1. The second-order valence-electron chi connectivity index (χ2n) is 5.57. The van der Waals surface area contributed by atoms with Gasteiger partial charge in [-0.05, 0) is 44.2 Å². The molecule has 6 heteroatoms. The van der Waals surface area contributed by atoms with Gasteiger partial charge in [-0.15, -0.1) is 0 Å². The largest absolute Gasteiger partial charge is 0.490 e. The molecule has 0 aliphatic heterocycles. The van der Waals surface area contributed by atoms with Crippen molar-refractivity contribution in [2.45, 2.75) is 38.7 Å². The number of carbonyl (C=O) groups is 1. The summed E-state index contributed by atoms with van der Waals surface area (Å²) in [6, 6.07) is 4.95. The summed E-state index contributed by atoms with van der Waals surface area (Å²) in [7, 11) is 0. The molecule has 3 N–H and O–H groups in total. The quantitative estimate of drug-likeness (QED) is 0.776. The lowest BCUT2D eigenvalue weighted by atomic mass is 9.87. The number of hydrogen-bond acceptors (Lipinski definition) is 3. The molecule has 1 aliphatic rings. The number of ether oxygens (including phenoxy) is 1. The van der Waals surface area contributed by atoms with E-state index in [1.165, 1.54) is 0 Å². The summed E-state index contributed by atoms with van der Waals surface area (Å²) in [6.45, 7) is 2.90. The highest BCUT2D eigenvalue weighted by Crippen LogP contribution is 2.32. The molecule has 0 aromatic heterocycles. The number of hydrogen-bond donors (Lipinski definition) is 3. The monoisotopic (exact) mass is 326 g/mol. The number of aliphatic hydroxyl groups excluding tert-OH is 1. The van der Waals surface area contributed by atoms with Crippen LogP contribution in [0.15, 0.2) is 18.2 Å². The highest BCUT2D eigenvalue weighted by Gasteiger charge is 2.20. The van der Waals surface area contributed by atoms with Gasteiger partial charge < -0.3 is 20.5 Å². The highest BCUT2D eigenvalue weighted by molar-refractivity contribution is 6.32. The molecule has 0 spiro atoms. The Hall–Kier alpha value is -1.46. The van der Waals surface area contributed by atoms with Gasteiger partial charge in [0.2, 0.25) is 0 Å². The number of anilines is 1. The third-order valence-corrected chi connectivity index (χ3v) is 4.11. The van der Waals surface area contributed by atoms with E-state index in [1.54, 1.807) is 18.2 Å². The predicted octanol–water partition coefficient (Wildman–Crippen LogP) is 3.41. The molecule has 2 atom stereocenters. The summed E-state index contributed by atoms with van der Waals surface area (Å²) in [5.74, 6) is 0.815. The van der Waals surface area contributed by atoms with Crippen LogP contribution < -0.4 is 15.4 Å². The van der Waals surface area contributed by atoms with Gasteiger partial charge in [0.1, 0.15) is 0 Å². The van der Waals surface area contributed by atoms with Crippen LogP contribution in [0.1, 0.15) is 32.6 Å². The maximum absolute atomic E-state index is 12.0. The number of benzene rings is 1. The van der Waals surface area contributed by atoms with Crippen LogP contribution in [0, 0.1) is 5.92 Å². The van der Waals surface area contributed by atoms with Crippen molar-refractivity contribution < 1.29 is 14.6 Å². The molecule has 2 unspecified atom stereocenters. The first-order valence-corrected chi connectivity index (χ1v) is 8.12. The summed E-state index contributed by atoms with van der Waals surface area (Å²) in [5.41, 5.74) is 0.551. The molecule has 122 valence electrons. The van der Waals surface area contributed by atoms with Crippen molar-refractivity contribution in [3.8, 4) is 5.75 Å². The number of rotatable bonds is 5. The molecule has 0 bridgehead atoms. The first-order valence-electron chi connectivity index (χ1n) is 7.74. The molecule has 0 saturated heterocycles. The summed E-state index contributed by atoms with van der Waals surface area (Å²) in [6.07, 6.45) is 3.43. The second kappa shape index (κ2) is 8.25. The van der Waals surface area contributed by atoms with E-state index >= 15 is 0 Å². The lowest BCUT2D eigenvalue weighted by Gasteiger charge is -2.26. The fourth-order valence-electron chi connectivity index (χ4n) is 2.75. The Balaban J connectivity index is 1.88. The van der Waals surface area contributed by atoms with Gasteiger partial charge in [0.15, 0.2) is 5.75 Å². The first kappa shape index (κ1) is 16.9. The molecule has 1 saturated carbocycles. The summed E-state index contributed by atoms with van der Waals surface area (Å²) >= 11 is 6.08. The molecular formula is C16H23ClN2O3. The SMILES string of the molecule is CCOc1c(Cl)cccc1NC(=O)NCC1CCCC(O)C1. The van der Waals surface area contributed by atoms with E-state index in [0.717, 1.165) is 25.7 Å². The van der Waals surface area contributed by atoms with Crippen molar-refractivity contribution in [1.29, 1.82) is 0 Å². The fraction of sp³-hybridized carbons (Fsp3) is 0.562. The van der Waals surface area contributed by atoms with Crippen LogP contribution in [0.25, 0.3) is 0 Å². The standard InChI is InChI=1S/C16H23ClN2O3/c1-2-22-15-13(17)7-4-8-14(15)19-16(21)18-10-11-5-3-6-12(20)9-11/h4,7-8,11-12,20H,2-3,5-6,9-10H2,1H3,(H2,18,19,21). The number of urea groups is 1. The van der Waals surface area contributed by atoms with Gasteiger partial charge in [0, 0.05) is 6.54 Å². The lowest BCUT2D eigenvalue weighted by molar-refractivity contribution is 0.101. The van der Waals surface area contributed by atoms with Gasteiger partial charge in [0.25, 0.3) is 0 Å². The van der Waals surface area contributed by atoms with Gasteiger partial charge in [-0.2, -0.15) is 0 Å². The molecule has 1 aromatic carbocycles. The molecule has 5 nitrogen and oxygen atoms in total. The van der Waals surface area contributed by atoms with Crippen LogP contribution in [0.5, 0.6) is 5.75 Å². The average molecular weight is 327 g/mol. The molecule has 22 heavy (non-hydrogen) atoms. The molecular weight excluding hydrogens is 304 g/mol. The Morgan fingerprint density at radius 1 is 1.45 bits per heavy atom. The molecule has 1 aromatic rings. The second-order valence-corrected chi connectivity index (χ2v) is 5.98.